The number of rotatable bonds is 6. The summed E-state index contributed by atoms with van der Waals surface area (Å²) in [6.07, 6.45) is 0.845. The van der Waals surface area contributed by atoms with Crippen molar-refractivity contribution in [2.45, 2.75) is 6.42 Å². The van der Waals surface area contributed by atoms with Crippen LogP contribution in [0.15, 0.2) is 42.5 Å². The van der Waals surface area contributed by atoms with Gasteiger partial charge in [-0.15, -0.1) is 0 Å². The molecule has 0 saturated carbocycles. The number of benzene rings is 2. The van der Waals surface area contributed by atoms with Crippen molar-refractivity contribution >= 4 is 34.5 Å². The minimum atomic E-state index is 0.345. The molecule has 0 amide bonds. The van der Waals surface area contributed by atoms with E-state index < -0.39 is 0 Å². The highest BCUT2D eigenvalue weighted by Crippen LogP contribution is 2.24. The van der Waals surface area contributed by atoms with Gasteiger partial charge in [0.15, 0.2) is 0 Å². The van der Waals surface area contributed by atoms with Crippen LogP contribution in [0.5, 0.6) is 5.75 Å². The third kappa shape index (κ3) is 4.09. The molecular formula is C16H17ClN2OS. The monoisotopic (exact) mass is 320 g/mol. The molecule has 2 aromatic rings. The first-order valence-corrected chi connectivity index (χ1v) is 7.35. The Hall–Kier alpha value is -1.78. The second kappa shape index (κ2) is 7.29. The first-order chi connectivity index (χ1) is 10.1. The lowest BCUT2D eigenvalue weighted by Gasteiger charge is -2.11. The largest absolute Gasteiger partial charge is 0.496 e. The zero-order chi connectivity index (χ0) is 15.2. The predicted molar refractivity (Wildman–Crippen MR) is 92.5 cm³/mol. The van der Waals surface area contributed by atoms with E-state index in [1.807, 2.05) is 30.3 Å². The van der Waals surface area contributed by atoms with E-state index in [0.29, 0.717) is 10.0 Å². The standard InChI is InChI=1S/C16H17ClN2OS/c1-20-15-5-3-2-4-11(15)8-9-19-14-7-6-12(16(18)21)10-13(14)17/h2-7,10,19H,8-9H2,1H3,(H2,18,21). The Kier molecular flexibility index (Phi) is 5.42. The fourth-order valence-electron chi connectivity index (χ4n) is 2.05. The lowest BCUT2D eigenvalue weighted by Crippen LogP contribution is -2.10. The average Bonchev–Trinajstić information content (AvgIpc) is 2.49. The molecule has 0 aliphatic carbocycles. The summed E-state index contributed by atoms with van der Waals surface area (Å²) in [6.45, 7) is 0.756. The highest BCUT2D eigenvalue weighted by Gasteiger charge is 2.05. The zero-order valence-corrected chi connectivity index (χ0v) is 13.3. The van der Waals surface area contributed by atoms with Gasteiger partial charge >= 0.3 is 0 Å². The Balaban J connectivity index is 1.99. The highest BCUT2D eigenvalue weighted by atomic mass is 35.5. The van der Waals surface area contributed by atoms with Gasteiger partial charge in [-0.05, 0) is 36.2 Å². The van der Waals surface area contributed by atoms with E-state index in [1.54, 1.807) is 13.2 Å². The van der Waals surface area contributed by atoms with Gasteiger partial charge in [0.2, 0.25) is 0 Å². The lowest BCUT2D eigenvalue weighted by molar-refractivity contribution is 0.410. The Morgan fingerprint density at radius 1 is 1.29 bits per heavy atom. The number of methoxy groups -OCH3 is 1. The number of nitrogens with two attached hydrogens (primary N) is 1. The molecule has 0 aliphatic heterocycles. The van der Waals surface area contributed by atoms with Crippen LogP contribution in [0.1, 0.15) is 11.1 Å². The van der Waals surface area contributed by atoms with Crippen LogP contribution in [-0.2, 0) is 6.42 Å². The number of anilines is 1. The SMILES string of the molecule is COc1ccccc1CCNc1ccc(C(N)=S)cc1Cl. The first-order valence-electron chi connectivity index (χ1n) is 6.57. The van der Waals surface area contributed by atoms with Gasteiger partial charge in [0.25, 0.3) is 0 Å². The number of nitrogens with one attached hydrogen (secondary N) is 1. The normalized spacial score (nSPS) is 10.2. The fourth-order valence-corrected chi connectivity index (χ4v) is 2.43. The summed E-state index contributed by atoms with van der Waals surface area (Å²) in [5.74, 6) is 0.897. The number of halogens is 1. The molecule has 0 aromatic heterocycles. The second-order valence-electron chi connectivity index (χ2n) is 4.55. The van der Waals surface area contributed by atoms with Crippen molar-refractivity contribution in [3.8, 4) is 5.75 Å². The summed E-state index contributed by atoms with van der Waals surface area (Å²) in [4.78, 5) is 0.345. The quantitative estimate of drug-likeness (QED) is 0.798. The van der Waals surface area contributed by atoms with Gasteiger partial charge in [0, 0.05) is 12.1 Å². The molecule has 5 heteroatoms. The number of para-hydroxylation sites is 1. The summed E-state index contributed by atoms with van der Waals surface area (Å²) >= 11 is 11.1. The maximum atomic E-state index is 6.21. The van der Waals surface area contributed by atoms with Crippen molar-refractivity contribution in [1.82, 2.24) is 0 Å². The van der Waals surface area contributed by atoms with Crippen LogP contribution in [0.3, 0.4) is 0 Å². The first kappa shape index (κ1) is 15.6. The van der Waals surface area contributed by atoms with Gasteiger partial charge in [0.05, 0.1) is 17.8 Å². The van der Waals surface area contributed by atoms with E-state index in [2.05, 4.69) is 11.4 Å². The molecule has 0 spiro atoms. The Morgan fingerprint density at radius 2 is 2.05 bits per heavy atom. The maximum Gasteiger partial charge on any atom is 0.122 e. The molecular weight excluding hydrogens is 304 g/mol. The summed E-state index contributed by atoms with van der Waals surface area (Å²) in [5, 5.41) is 3.92. The van der Waals surface area contributed by atoms with Crippen LogP contribution in [-0.4, -0.2) is 18.6 Å². The summed E-state index contributed by atoms with van der Waals surface area (Å²) < 4.78 is 5.33. The molecule has 21 heavy (non-hydrogen) atoms. The van der Waals surface area contributed by atoms with Crippen molar-refractivity contribution in [1.29, 1.82) is 0 Å². The van der Waals surface area contributed by atoms with E-state index in [0.717, 1.165) is 35.5 Å². The molecule has 0 aliphatic rings. The molecule has 0 atom stereocenters. The van der Waals surface area contributed by atoms with E-state index in [4.69, 9.17) is 34.3 Å². The van der Waals surface area contributed by atoms with Crippen molar-refractivity contribution < 1.29 is 4.74 Å². The molecule has 0 fully saturated rings. The van der Waals surface area contributed by atoms with Gasteiger partial charge in [-0.3, -0.25) is 0 Å². The molecule has 2 rings (SSSR count). The van der Waals surface area contributed by atoms with Crippen LogP contribution in [0, 0.1) is 0 Å². The number of thiocarbonyl (C=S) groups is 1. The van der Waals surface area contributed by atoms with Crippen LogP contribution in [0.25, 0.3) is 0 Å². The summed E-state index contributed by atoms with van der Waals surface area (Å²) in [5.41, 5.74) is 8.37. The van der Waals surface area contributed by atoms with Gasteiger partial charge in [0.1, 0.15) is 10.7 Å². The van der Waals surface area contributed by atoms with Crippen LogP contribution in [0.4, 0.5) is 5.69 Å². The predicted octanol–water partition coefficient (Wildman–Crippen LogP) is 3.64. The van der Waals surface area contributed by atoms with Crippen LogP contribution < -0.4 is 15.8 Å². The van der Waals surface area contributed by atoms with Gasteiger partial charge < -0.3 is 15.8 Å². The van der Waals surface area contributed by atoms with Gasteiger partial charge in [-0.1, -0.05) is 42.0 Å². The fraction of sp³-hybridized carbons (Fsp3) is 0.188. The van der Waals surface area contributed by atoms with E-state index >= 15 is 0 Å². The molecule has 0 radical (unpaired) electrons. The molecule has 2 aromatic carbocycles. The van der Waals surface area contributed by atoms with Crippen LogP contribution >= 0.6 is 23.8 Å². The van der Waals surface area contributed by atoms with Crippen molar-refractivity contribution in [2.75, 3.05) is 19.0 Å². The smallest absolute Gasteiger partial charge is 0.122 e. The van der Waals surface area contributed by atoms with E-state index in [1.165, 1.54) is 0 Å². The number of hydrogen-bond acceptors (Lipinski definition) is 3. The average molecular weight is 321 g/mol. The van der Waals surface area contributed by atoms with Crippen LogP contribution in [0.2, 0.25) is 5.02 Å². The van der Waals surface area contributed by atoms with Gasteiger partial charge in [-0.2, -0.15) is 0 Å². The van der Waals surface area contributed by atoms with Gasteiger partial charge in [-0.25, -0.2) is 0 Å². The third-order valence-corrected chi connectivity index (χ3v) is 3.70. The van der Waals surface area contributed by atoms with E-state index in [-0.39, 0.29) is 0 Å². The third-order valence-electron chi connectivity index (χ3n) is 3.16. The molecule has 0 saturated heterocycles. The Labute approximate surface area is 135 Å². The maximum absolute atomic E-state index is 6.21. The highest BCUT2D eigenvalue weighted by molar-refractivity contribution is 7.80. The summed E-state index contributed by atoms with van der Waals surface area (Å²) in [6, 6.07) is 13.5. The van der Waals surface area contributed by atoms with Crippen molar-refractivity contribution in [2.24, 2.45) is 5.73 Å². The number of hydrogen-bond donors (Lipinski definition) is 2. The van der Waals surface area contributed by atoms with Crippen molar-refractivity contribution in [3.05, 3.63) is 58.6 Å². The van der Waals surface area contributed by atoms with Crippen molar-refractivity contribution in [3.63, 3.8) is 0 Å². The number of ether oxygens (including phenoxy) is 1. The van der Waals surface area contributed by atoms with E-state index in [9.17, 15) is 0 Å². The Morgan fingerprint density at radius 3 is 2.71 bits per heavy atom. The molecule has 0 heterocycles. The minimum absolute atomic E-state index is 0.345. The molecule has 0 bridgehead atoms. The zero-order valence-electron chi connectivity index (χ0n) is 11.7. The Bertz CT molecular complexity index is 646. The molecule has 0 unspecified atom stereocenters. The second-order valence-corrected chi connectivity index (χ2v) is 5.39. The molecule has 3 nitrogen and oxygen atoms in total. The minimum Gasteiger partial charge on any atom is -0.496 e. The molecule has 110 valence electrons. The lowest BCUT2D eigenvalue weighted by atomic mass is 10.1. The molecule has 3 N–H and O–H groups in total. The summed E-state index contributed by atoms with van der Waals surface area (Å²) in [7, 11) is 1.68. The topological polar surface area (TPSA) is 47.3 Å².